The van der Waals surface area contributed by atoms with Crippen molar-refractivity contribution in [3.8, 4) is 11.5 Å². The monoisotopic (exact) mass is 1050 g/mol. The molecule has 1 aliphatic carbocycles. The molecular formula is C52H92N2O8Si2Sn. The molecule has 4 bridgehead atoms. The molecule has 0 aromatic carbocycles. The molecule has 3 rings (SSSR count). The maximum atomic E-state index is 15.3. The Kier molecular flexibility index (Phi) is 21.5. The summed E-state index contributed by atoms with van der Waals surface area (Å²) in [5.74, 6) is 1.12. The summed E-state index contributed by atoms with van der Waals surface area (Å²) in [7, 11) is -4.38. The Labute approximate surface area is 402 Å². The van der Waals surface area contributed by atoms with Gasteiger partial charge in [0.15, 0.2) is 8.32 Å². The summed E-state index contributed by atoms with van der Waals surface area (Å²) in [5.41, 5.74) is 1.33. The van der Waals surface area contributed by atoms with Crippen LogP contribution in [-0.4, -0.2) is 118 Å². The molecule has 3 fully saturated rings. The van der Waals surface area contributed by atoms with E-state index in [0.29, 0.717) is 39.0 Å². The van der Waals surface area contributed by atoms with Crippen LogP contribution < -0.4 is 0 Å². The van der Waals surface area contributed by atoms with Crippen LogP contribution in [0.2, 0.25) is 51.1 Å². The Bertz CT molecular complexity index is 1700. The van der Waals surface area contributed by atoms with Crippen molar-refractivity contribution in [2.45, 2.75) is 227 Å². The summed E-state index contributed by atoms with van der Waals surface area (Å²) in [6, 6.07) is -0.681. The first kappa shape index (κ1) is 57.2. The van der Waals surface area contributed by atoms with Crippen LogP contribution in [0, 0.1) is 29.2 Å². The number of likely N-dealkylation sites (tertiary alicyclic amines) is 2. The second-order valence-corrected chi connectivity index (χ2v) is 45.6. The first-order valence-electron chi connectivity index (χ1n) is 25.3. The van der Waals surface area contributed by atoms with E-state index >= 15 is 4.79 Å². The van der Waals surface area contributed by atoms with E-state index < -0.39 is 88.1 Å². The van der Waals surface area contributed by atoms with Crippen molar-refractivity contribution in [1.82, 2.24) is 9.80 Å². The molecule has 3 aliphatic rings. The van der Waals surface area contributed by atoms with Gasteiger partial charge in [0.1, 0.15) is 13.7 Å². The van der Waals surface area contributed by atoms with Crippen molar-refractivity contribution in [2.24, 2.45) is 17.8 Å². The number of carbonyl (C=O) groups excluding carboxylic acids is 4. The van der Waals surface area contributed by atoms with Gasteiger partial charge < -0.3 is 13.9 Å². The zero-order chi connectivity index (χ0) is 49.0. The minimum absolute atomic E-state index is 0.0141. The molecule has 0 radical (unpaired) electrons. The molecule has 0 N–H and O–H groups in total. The minimum atomic E-state index is -2.38. The van der Waals surface area contributed by atoms with Gasteiger partial charge in [0.05, 0.1) is 0 Å². The molecule has 65 heavy (non-hydrogen) atoms. The van der Waals surface area contributed by atoms with Gasteiger partial charge in [-0.2, -0.15) is 0 Å². The van der Waals surface area contributed by atoms with Crippen LogP contribution in [0.5, 0.6) is 0 Å². The molecule has 7 atom stereocenters. The number of carbonyl (C=O) groups is 4. The molecule has 2 saturated heterocycles. The summed E-state index contributed by atoms with van der Waals surface area (Å²) in [5, 5.41) is -0.0815. The van der Waals surface area contributed by atoms with E-state index in [1.807, 2.05) is 25.7 Å². The fourth-order valence-corrected chi connectivity index (χ4v) is 26.4. The fourth-order valence-electron chi connectivity index (χ4n) is 10.4. The predicted octanol–water partition coefficient (Wildman–Crippen LogP) is 12.3. The number of hydrogen-bond acceptors (Lipinski definition) is 8. The normalized spacial score (nSPS) is 23.7. The van der Waals surface area contributed by atoms with Gasteiger partial charge in [-0.15, -0.1) is 5.54 Å². The predicted molar refractivity (Wildman–Crippen MR) is 273 cm³/mol. The quantitative estimate of drug-likeness (QED) is 0.0248. The van der Waals surface area contributed by atoms with Crippen molar-refractivity contribution in [3.05, 3.63) is 22.3 Å². The molecule has 13 heteroatoms. The number of unbranched alkanes of at least 4 members (excludes halogenated alkanes) is 4. The molecule has 2 aliphatic heterocycles. The van der Waals surface area contributed by atoms with Crippen LogP contribution in [-0.2, 0) is 33.0 Å². The molecular weight excluding hydrogens is 955 g/mol. The molecule has 1 unspecified atom stereocenters. The molecule has 370 valence electrons. The van der Waals surface area contributed by atoms with Crippen LogP contribution in [0.1, 0.15) is 147 Å². The Morgan fingerprint density at radius 1 is 0.862 bits per heavy atom. The SMILES string of the molecule is CCC[CH2][Sn](/[CH]=C\C/C=C\CCCN1C(=O)C2C[C@@H](CO[Si](C)(C)C(C)(C)C)[C@H]3N(C(=O)OC(C)(C)C)CC[C@H]2[C@]31[C@@H](OC(C)=O)[C@@H](C#C[Si](C)(C)C)OC(C)=O)([CH2]CCC)[CH2]CCC. The molecule has 2 heterocycles. The Balaban J connectivity index is 2.20. The van der Waals surface area contributed by atoms with Crippen LogP contribution in [0.25, 0.3) is 0 Å². The van der Waals surface area contributed by atoms with Gasteiger partial charge >= 0.3 is 237 Å². The van der Waals surface area contributed by atoms with Crippen molar-refractivity contribution in [1.29, 1.82) is 0 Å². The van der Waals surface area contributed by atoms with E-state index in [4.69, 9.17) is 18.6 Å². The topological polar surface area (TPSA) is 112 Å². The third-order valence-electron chi connectivity index (χ3n) is 14.4. The zero-order valence-corrected chi connectivity index (χ0v) is 48.8. The van der Waals surface area contributed by atoms with Gasteiger partial charge in [0.25, 0.3) is 0 Å². The number of amides is 2. The van der Waals surface area contributed by atoms with Crippen LogP contribution in [0.15, 0.2) is 22.3 Å². The number of esters is 2. The molecule has 10 nitrogen and oxygen atoms in total. The van der Waals surface area contributed by atoms with Crippen molar-refractivity contribution in [2.75, 3.05) is 19.7 Å². The average Bonchev–Trinajstić information content (AvgIpc) is 3.35. The number of piperidine rings is 1. The van der Waals surface area contributed by atoms with Crippen LogP contribution in [0.4, 0.5) is 4.79 Å². The second kappa shape index (κ2) is 24.5. The maximum absolute atomic E-state index is 15.3. The summed E-state index contributed by atoms with van der Waals surface area (Å²) in [4.78, 5) is 60.2. The van der Waals surface area contributed by atoms with E-state index in [-0.39, 0.29) is 22.8 Å². The number of ether oxygens (including phenoxy) is 3. The van der Waals surface area contributed by atoms with Gasteiger partial charge in [-0.1, -0.05) is 46.3 Å². The van der Waals surface area contributed by atoms with E-state index in [1.165, 1.54) is 65.7 Å². The van der Waals surface area contributed by atoms with Crippen molar-refractivity contribution in [3.63, 3.8) is 0 Å². The first-order chi connectivity index (χ1) is 30.2. The van der Waals surface area contributed by atoms with Crippen molar-refractivity contribution >= 4 is 58.7 Å². The second-order valence-electron chi connectivity index (χ2n) is 23.1. The molecule has 2 amide bonds. The Morgan fingerprint density at radius 3 is 1.95 bits per heavy atom. The summed E-state index contributed by atoms with van der Waals surface area (Å²) in [6.45, 7) is 33.6. The molecule has 0 aromatic rings. The van der Waals surface area contributed by atoms with Gasteiger partial charge in [-0.3, -0.25) is 9.59 Å². The number of allylic oxidation sites excluding steroid dienone is 3. The average molecular weight is 1050 g/mol. The van der Waals surface area contributed by atoms with E-state index in [0.717, 1.165) is 12.8 Å². The van der Waals surface area contributed by atoms with Gasteiger partial charge in [-0.25, -0.2) is 4.79 Å². The third-order valence-corrected chi connectivity index (χ3v) is 34.0. The van der Waals surface area contributed by atoms with E-state index in [2.05, 4.69) is 108 Å². The summed E-state index contributed by atoms with van der Waals surface area (Å²) in [6.07, 6.45) is 15.2. The van der Waals surface area contributed by atoms with Gasteiger partial charge in [-0.05, 0) is 38.9 Å². The standard InChI is InChI=1S/C40H65N2O8Si2.3C4H9.Sn/c1-15-16-17-18-19-20-23-42-36(45)31-26-30(27-47-52(13,14)39(7,8)9)34-40(42,32(31)21-24-41(34)37(46)50-38(4,5)6)35(49-29(3)44)33(48-28(2)43)22-25-51(10,11)12;3*1-3-4-2;/h1,15,17-18,30-35H,16,19-21,23-24,26-27H2,2-14H3;3*1,3-4H2,2H3;/b15-1?,18-17-;;;;/t30-,31?,32+,33+,34+,35-,40+;;;;/m0..../s1. The first-order valence-corrected chi connectivity index (χ1v) is 39.5. The summed E-state index contributed by atoms with van der Waals surface area (Å²) >= 11 is -2.38. The summed E-state index contributed by atoms with van der Waals surface area (Å²) < 4.78 is 32.8. The van der Waals surface area contributed by atoms with Gasteiger partial charge in [0.2, 0.25) is 0 Å². The zero-order valence-electron chi connectivity index (χ0n) is 44.0. The number of nitrogens with zero attached hydrogens (tertiary/aromatic N) is 2. The van der Waals surface area contributed by atoms with Crippen LogP contribution in [0.3, 0.4) is 0 Å². The number of hydrogen-bond donors (Lipinski definition) is 0. The Morgan fingerprint density at radius 2 is 1.45 bits per heavy atom. The van der Waals surface area contributed by atoms with Crippen molar-refractivity contribution < 1.29 is 37.8 Å². The molecule has 1 saturated carbocycles. The van der Waals surface area contributed by atoms with E-state index in [1.54, 1.807) is 4.90 Å². The third kappa shape index (κ3) is 15.5. The van der Waals surface area contributed by atoms with Crippen LogP contribution >= 0.6 is 0 Å². The van der Waals surface area contributed by atoms with Gasteiger partial charge in [0, 0.05) is 27.0 Å². The molecule has 0 aromatic heterocycles. The number of rotatable bonds is 23. The van der Waals surface area contributed by atoms with E-state index in [9.17, 15) is 14.4 Å². The Hall–Kier alpha value is -2.09. The molecule has 0 spiro atoms. The fraction of sp³-hybridized carbons (Fsp3) is 0.808.